The van der Waals surface area contributed by atoms with Crippen molar-refractivity contribution in [3.05, 3.63) is 59.0 Å². The van der Waals surface area contributed by atoms with Gasteiger partial charge >= 0.3 is 0 Å². The highest BCUT2D eigenvalue weighted by Gasteiger charge is 2.26. The van der Waals surface area contributed by atoms with Crippen molar-refractivity contribution in [2.45, 2.75) is 39.5 Å². The van der Waals surface area contributed by atoms with Crippen molar-refractivity contribution < 1.29 is 9.21 Å². The summed E-state index contributed by atoms with van der Waals surface area (Å²) in [6, 6.07) is 12.0. The lowest BCUT2D eigenvalue weighted by molar-refractivity contribution is 0.0960. The summed E-state index contributed by atoms with van der Waals surface area (Å²) >= 11 is 0. The largest absolute Gasteiger partial charge is 0.449 e. The average Bonchev–Trinajstić information content (AvgIpc) is 3.03. The van der Waals surface area contributed by atoms with Crippen molar-refractivity contribution in [1.29, 1.82) is 0 Å². The summed E-state index contributed by atoms with van der Waals surface area (Å²) in [4.78, 5) is 19.3. The number of hydrogen-bond donors (Lipinski definition) is 0. The first-order chi connectivity index (χ1) is 12.0. The van der Waals surface area contributed by atoms with E-state index < -0.39 is 0 Å². The van der Waals surface area contributed by atoms with Gasteiger partial charge in [0.25, 0.3) is 5.91 Å². The molecule has 1 aromatic carbocycles. The van der Waals surface area contributed by atoms with Gasteiger partial charge in [-0.05, 0) is 55.0 Å². The van der Waals surface area contributed by atoms with Gasteiger partial charge in [0.15, 0.2) is 11.3 Å². The number of carbonyl (C=O) groups excluding carboxylic acids is 1. The number of carbonyl (C=O) groups is 1. The molecule has 3 aromatic rings. The first kappa shape index (κ1) is 15.9. The Bertz CT molecular complexity index is 956. The highest BCUT2D eigenvalue weighted by molar-refractivity contribution is 6.06. The van der Waals surface area contributed by atoms with E-state index >= 15 is 0 Å². The van der Waals surface area contributed by atoms with Crippen LogP contribution in [0.5, 0.6) is 0 Å². The molecule has 0 fully saturated rings. The molecule has 4 heteroatoms. The zero-order valence-corrected chi connectivity index (χ0v) is 14.9. The average molecular weight is 334 g/mol. The zero-order valence-electron chi connectivity index (χ0n) is 14.9. The van der Waals surface area contributed by atoms with E-state index in [9.17, 15) is 4.79 Å². The highest BCUT2D eigenvalue weighted by atomic mass is 16.3. The molecule has 0 spiro atoms. The maximum Gasteiger partial charge on any atom is 0.294 e. The number of benzene rings is 1. The normalized spacial score (nSPS) is 14.2. The molecule has 0 N–H and O–H groups in total. The summed E-state index contributed by atoms with van der Waals surface area (Å²) in [6.07, 6.45) is 1.98. The lowest BCUT2D eigenvalue weighted by Crippen LogP contribution is -2.35. The molecular formula is C21H22N2O2. The summed E-state index contributed by atoms with van der Waals surface area (Å²) in [6.45, 7) is 7.03. The van der Waals surface area contributed by atoms with Crippen LogP contribution in [0, 0.1) is 6.92 Å². The quantitative estimate of drug-likeness (QED) is 0.673. The van der Waals surface area contributed by atoms with E-state index in [0.717, 1.165) is 36.3 Å². The fourth-order valence-corrected chi connectivity index (χ4v) is 3.45. The molecule has 4 nitrogen and oxygen atoms in total. The summed E-state index contributed by atoms with van der Waals surface area (Å²) in [5, 5.41) is 0. The minimum absolute atomic E-state index is 0.0890. The van der Waals surface area contributed by atoms with E-state index in [-0.39, 0.29) is 5.91 Å². The Morgan fingerprint density at radius 1 is 1.20 bits per heavy atom. The van der Waals surface area contributed by atoms with Crippen molar-refractivity contribution in [2.24, 2.45) is 0 Å². The molecule has 1 amide bonds. The molecule has 0 atom stereocenters. The van der Waals surface area contributed by atoms with Crippen LogP contribution in [0.1, 0.15) is 53.6 Å². The fraction of sp³-hybridized carbons (Fsp3) is 0.333. The smallest absolute Gasteiger partial charge is 0.294 e. The SMILES string of the molecule is Cc1ccc2oc(C(=O)N3CCCc4cc(C(C)C)ccc43)cc2n1. The minimum Gasteiger partial charge on any atom is -0.449 e. The first-order valence-electron chi connectivity index (χ1n) is 8.85. The predicted octanol–water partition coefficient (Wildman–Crippen LogP) is 4.85. The van der Waals surface area contributed by atoms with Gasteiger partial charge in [-0.1, -0.05) is 26.0 Å². The molecule has 2 aromatic heterocycles. The number of pyridine rings is 1. The third-order valence-electron chi connectivity index (χ3n) is 4.86. The van der Waals surface area contributed by atoms with Gasteiger partial charge in [-0.3, -0.25) is 4.79 Å². The standard InChI is InChI=1S/C21H22N2O2/c1-13(2)15-7-8-18-16(11-15)5-4-10-23(18)21(24)20-12-17-19(25-20)9-6-14(3)22-17/h6-9,11-13H,4-5,10H2,1-3H3. The summed E-state index contributed by atoms with van der Waals surface area (Å²) in [5.74, 6) is 0.754. The van der Waals surface area contributed by atoms with Crippen molar-refractivity contribution in [2.75, 3.05) is 11.4 Å². The van der Waals surface area contributed by atoms with Gasteiger partial charge in [0.05, 0.1) is 0 Å². The van der Waals surface area contributed by atoms with Crippen LogP contribution in [0.2, 0.25) is 0 Å². The molecule has 1 aliphatic heterocycles. The lowest BCUT2D eigenvalue weighted by Gasteiger charge is -2.29. The minimum atomic E-state index is -0.0890. The van der Waals surface area contributed by atoms with Gasteiger partial charge in [-0.15, -0.1) is 0 Å². The van der Waals surface area contributed by atoms with E-state index in [2.05, 4.69) is 37.0 Å². The molecule has 0 unspecified atom stereocenters. The van der Waals surface area contributed by atoms with Crippen LogP contribution in [-0.4, -0.2) is 17.4 Å². The number of aromatic nitrogens is 1. The van der Waals surface area contributed by atoms with Gasteiger partial charge in [0, 0.05) is 24.0 Å². The van der Waals surface area contributed by atoms with E-state index in [4.69, 9.17) is 4.42 Å². The van der Waals surface area contributed by atoms with Gasteiger partial charge in [-0.2, -0.15) is 0 Å². The summed E-state index contributed by atoms with van der Waals surface area (Å²) in [7, 11) is 0. The third kappa shape index (κ3) is 2.82. The molecule has 25 heavy (non-hydrogen) atoms. The molecule has 0 radical (unpaired) electrons. The van der Waals surface area contributed by atoms with Crippen LogP contribution >= 0.6 is 0 Å². The Labute approximate surface area is 147 Å². The number of furan rings is 1. The maximum absolute atomic E-state index is 13.0. The summed E-state index contributed by atoms with van der Waals surface area (Å²) in [5.41, 5.74) is 5.87. The second kappa shape index (κ2) is 6.03. The zero-order chi connectivity index (χ0) is 17.6. The van der Waals surface area contributed by atoms with Crippen molar-refractivity contribution in [1.82, 2.24) is 4.98 Å². The van der Waals surface area contributed by atoms with E-state index in [1.165, 1.54) is 11.1 Å². The van der Waals surface area contributed by atoms with Gasteiger partial charge in [0.2, 0.25) is 0 Å². The first-order valence-corrected chi connectivity index (χ1v) is 8.85. The van der Waals surface area contributed by atoms with E-state index in [0.29, 0.717) is 17.3 Å². The van der Waals surface area contributed by atoms with Gasteiger partial charge < -0.3 is 9.32 Å². The molecule has 0 aliphatic carbocycles. The number of aryl methyl sites for hydroxylation is 2. The van der Waals surface area contributed by atoms with E-state index in [1.54, 1.807) is 6.07 Å². The molecule has 128 valence electrons. The third-order valence-corrected chi connectivity index (χ3v) is 4.86. The number of amides is 1. The monoisotopic (exact) mass is 334 g/mol. The molecule has 0 saturated carbocycles. The Morgan fingerprint density at radius 3 is 2.84 bits per heavy atom. The Morgan fingerprint density at radius 2 is 2.04 bits per heavy atom. The number of nitrogens with zero attached hydrogens (tertiary/aromatic N) is 2. The molecular weight excluding hydrogens is 312 g/mol. The van der Waals surface area contributed by atoms with Crippen molar-refractivity contribution >= 4 is 22.7 Å². The molecule has 3 heterocycles. The Hall–Kier alpha value is -2.62. The molecule has 1 aliphatic rings. The number of rotatable bonds is 2. The second-order valence-electron chi connectivity index (χ2n) is 7.05. The topological polar surface area (TPSA) is 46.3 Å². The number of hydrogen-bond acceptors (Lipinski definition) is 3. The van der Waals surface area contributed by atoms with Crippen LogP contribution in [0.25, 0.3) is 11.1 Å². The predicted molar refractivity (Wildman–Crippen MR) is 99.3 cm³/mol. The molecule has 0 saturated heterocycles. The second-order valence-corrected chi connectivity index (χ2v) is 7.05. The Kier molecular flexibility index (Phi) is 3.83. The highest BCUT2D eigenvalue weighted by Crippen LogP contribution is 2.32. The number of fused-ring (bicyclic) bond motifs is 2. The number of anilines is 1. The van der Waals surface area contributed by atoms with Gasteiger partial charge in [-0.25, -0.2) is 4.98 Å². The summed E-state index contributed by atoms with van der Waals surface area (Å²) < 4.78 is 5.76. The Balaban J connectivity index is 1.71. The van der Waals surface area contributed by atoms with Crippen LogP contribution in [0.3, 0.4) is 0 Å². The van der Waals surface area contributed by atoms with Crippen LogP contribution in [0.15, 0.2) is 40.8 Å². The van der Waals surface area contributed by atoms with Crippen LogP contribution in [0.4, 0.5) is 5.69 Å². The van der Waals surface area contributed by atoms with E-state index in [1.807, 2.05) is 24.0 Å². The van der Waals surface area contributed by atoms with Crippen molar-refractivity contribution in [3.63, 3.8) is 0 Å². The maximum atomic E-state index is 13.0. The molecule has 4 rings (SSSR count). The van der Waals surface area contributed by atoms with Gasteiger partial charge in [0.1, 0.15) is 5.52 Å². The van der Waals surface area contributed by atoms with Crippen LogP contribution in [-0.2, 0) is 6.42 Å². The van der Waals surface area contributed by atoms with Crippen molar-refractivity contribution in [3.8, 4) is 0 Å². The van der Waals surface area contributed by atoms with Crippen LogP contribution < -0.4 is 4.90 Å². The molecule has 0 bridgehead atoms. The fourth-order valence-electron chi connectivity index (χ4n) is 3.45. The lowest BCUT2D eigenvalue weighted by atomic mass is 9.94.